The average Bonchev–Trinajstić information content (AvgIpc) is 2.65. The average molecular weight is 365 g/mol. The van der Waals surface area contributed by atoms with Gasteiger partial charge in [0.2, 0.25) is 11.7 Å². The molecule has 144 valence electrons. The lowest BCUT2D eigenvalue weighted by molar-refractivity contribution is -0.142. The second-order valence-corrected chi connectivity index (χ2v) is 6.45. The highest BCUT2D eigenvalue weighted by Gasteiger charge is 2.26. The molecule has 0 spiro atoms. The highest BCUT2D eigenvalue weighted by molar-refractivity contribution is 5.77. The van der Waals surface area contributed by atoms with Gasteiger partial charge in [0.25, 0.3) is 0 Å². The molecule has 1 saturated carbocycles. The van der Waals surface area contributed by atoms with E-state index in [1.165, 1.54) is 0 Å². The van der Waals surface area contributed by atoms with Crippen LogP contribution in [0.1, 0.15) is 37.7 Å². The lowest BCUT2D eigenvalue weighted by atomic mass is 9.86. The third kappa shape index (κ3) is 4.80. The number of hydrogen-bond donors (Lipinski definition) is 2. The quantitative estimate of drug-likeness (QED) is 0.735. The zero-order valence-electron chi connectivity index (χ0n) is 15.5. The minimum absolute atomic E-state index is 0.0411. The molecule has 0 unspecified atom stereocenters. The molecular formula is C19H27NO6. The fourth-order valence-electron chi connectivity index (χ4n) is 3.39. The van der Waals surface area contributed by atoms with Gasteiger partial charge in [-0.1, -0.05) is 6.07 Å². The number of carboxylic acid groups (broad SMARTS) is 1. The number of aryl methyl sites for hydroxylation is 1. The van der Waals surface area contributed by atoms with Crippen LogP contribution in [0, 0.1) is 5.92 Å². The van der Waals surface area contributed by atoms with Crippen LogP contribution in [0.15, 0.2) is 12.1 Å². The SMILES string of the molecule is COc1ccc(CCC(=O)NC2CCC(C(=O)O)CC2)c(OC)c1OC. The molecule has 2 N–H and O–H groups in total. The lowest BCUT2D eigenvalue weighted by Gasteiger charge is -2.26. The molecule has 1 amide bonds. The van der Waals surface area contributed by atoms with Gasteiger partial charge in [-0.15, -0.1) is 0 Å². The molecular weight excluding hydrogens is 338 g/mol. The van der Waals surface area contributed by atoms with Crippen molar-refractivity contribution in [3.8, 4) is 17.2 Å². The number of carbonyl (C=O) groups is 2. The third-order valence-electron chi connectivity index (χ3n) is 4.85. The van der Waals surface area contributed by atoms with Crippen LogP contribution < -0.4 is 19.5 Å². The van der Waals surface area contributed by atoms with E-state index in [4.69, 9.17) is 19.3 Å². The van der Waals surface area contributed by atoms with E-state index in [-0.39, 0.29) is 17.9 Å². The van der Waals surface area contributed by atoms with Crippen LogP contribution in [0.5, 0.6) is 17.2 Å². The fourth-order valence-corrected chi connectivity index (χ4v) is 3.39. The number of aliphatic carboxylic acids is 1. The number of rotatable bonds is 8. The molecule has 1 aromatic rings. The summed E-state index contributed by atoms with van der Waals surface area (Å²) in [6.07, 6.45) is 3.49. The first-order valence-electron chi connectivity index (χ1n) is 8.80. The molecule has 1 aromatic carbocycles. The van der Waals surface area contributed by atoms with Gasteiger partial charge in [-0.2, -0.15) is 0 Å². The van der Waals surface area contributed by atoms with E-state index >= 15 is 0 Å². The van der Waals surface area contributed by atoms with E-state index in [0.717, 1.165) is 5.56 Å². The number of carboxylic acids is 1. The molecule has 0 saturated heterocycles. The number of nitrogens with one attached hydrogen (secondary N) is 1. The minimum atomic E-state index is -0.740. The predicted molar refractivity (Wildman–Crippen MR) is 95.9 cm³/mol. The van der Waals surface area contributed by atoms with Gasteiger partial charge in [0.05, 0.1) is 27.2 Å². The Morgan fingerprint density at radius 2 is 1.69 bits per heavy atom. The number of methoxy groups -OCH3 is 3. The molecule has 0 aromatic heterocycles. The van der Waals surface area contributed by atoms with Gasteiger partial charge >= 0.3 is 5.97 Å². The summed E-state index contributed by atoms with van der Waals surface area (Å²) < 4.78 is 16.1. The van der Waals surface area contributed by atoms with Crippen molar-refractivity contribution in [2.45, 2.75) is 44.6 Å². The molecule has 2 rings (SSSR count). The van der Waals surface area contributed by atoms with E-state index in [2.05, 4.69) is 5.32 Å². The standard InChI is InChI=1S/C19H27NO6/c1-24-15-10-6-12(17(25-2)18(15)26-3)7-11-16(21)20-14-8-4-13(5-9-14)19(22)23/h6,10,13-14H,4-5,7-9,11H2,1-3H3,(H,20,21)(H,22,23). The number of carbonyl (C=O) groups excluding carboxylic acids is 1. The first-order valence-corrected chi connectivity index (χ1v) is 8.80. The first kappa shape index (κ1) is 19.9. The van der Waals surface area contributed by atoms with Gasteiger partial charge in [-0.25, -0.2) is 0 Å². The Balaban J connectivity index is 1.90. The number of hydrogen-bond acceptors (Lipinski definition) is 5. The summed E-state index contributed by atoms with van der Waals surface area (Å²) >= 11 is 0. The maximum Gasteiger partial charge on any atom is 0.306 e. The minimum Gasteiger partial charge on any atom is -0.493 e. The van der Waals surface area contributed by atoms with Crippen LogP contribution in [0.3, 0.4) is 0 Å². The summed E-state index contributed by atoms with van der Waals surface area (Å²) in [5, 5.41) is 12.0. The highest BCUT2D eigenvalue weighted by Crippen LogP contribution is 2.40. The van der Waals surface area contributed by atoms with Crippen LogP contribution in [0.25, 0.3) is 0 Å². The second kappa shape index (κ2) is 9.31. The topological polar surface area (TPSA) is 94.1 Å². The summed E-state index contributed by atoms with van der Waals surface area (Å²) in [7, 11) is 4.66. The Labute approximate surface area is 153 Å². The monoisotopic (exact) mass is 365 g/mol. The molecule has 0 aliphatic heterocycles. The van der Waals surface area contributed by atoms with Crippen molar-refractivity contribution in [2.24, 2.45) is 5.92 Å². The zero-order chi connectivity index (χ0) is 19.1. The highest BCUT2D eigenvalue weighted by atomic mass is 16.5. The van der Waals surface area contributed by atoms with Crippen molar-refractivity contribution in [2.75, 3.05) is 21.3 Å². The second-order valence-electron chi connectivity index (χ2n) is 6.45. The van der Waals surface area contributed by atoms with Crippen molar-refractivity contribution < 1.29 is 28.9 Å². The maximum atomic E-state index is 12.3. The Kier molecular flexibility index (Phi) is 7.12. The normalized spacial score (nSPS) is 19.5. The molecule has 0 bridgehead atoms. The molecule has 7 nitrogen and oxygen atoms in total. The Bertz CT molecular complexity index is 637. The van der Waals surface area contributed by atoms with E-state index in [1.807, 2.05) is 6.07 Å². The van der Waals surface area contributed by atoms with Gasteiger partial charge < -0.3 is 24.6 Å². The van der Waals surface area contributed by atoms with Gasteiger partial charge in [-0.3, -0.25) is 9.59 Å². The summed E-state index contributed by atoms with van der Waals surface area (Å²) in [6.45, 7) is 0. The molecule has 7 heteroatoms. The third-order valence-corrected chi connectivity index (χ3v) is 4.85. The van der Waals surface area contributed by atoms with Crippen LogP contribution >= 0.6 is 0 Å². The molecule has 0 heterocycles. The molecule has 1 aliphatic carbocycles. The number of amides is 1. The van der Waals surface area contributed by atoms with Crippen molar-refractivity contribution >= 4 is 11.9 Å². The van der Waals surface area contributed by atoms with Gasteiger partial charge in [0, 0.05) is 12.5 Å². The van der Waals surface area contributed by atoms with Crippen molar-refractivity contribution in [1.29, 1.82) is 0 Å². The molecule has 1 fully saturated rings. The molecule has 0 atom stereocenters. The lowest BCUT2D eigenvalue weighted by Crippen LogP contribution is -2.38. The van der Waals surface area contributed by atoms with Crippen LogP contribution in [0.4, 0.5) is 0 Å². The zero-order valence-corrected chi connectivity index (χ0v) is 15.5. The summed E-state index contributed by atoms with van der Waals surface area (Å²) in [5.74, 6) is 0.601. The fraction of sp³-hybridized carbons (Fsp3) is 0.579. The van der Waals surface area contributed by atoms with Crippen molar-refractivity contribution in [1.82, 2.24) is 5.32 Å². The van der Waals surface area contributed by atoms with Crippen LogP contribution in [0.2, 0.25) is 0 Å². The van der Waals surface area contributed by atoms with Gasteiger partial charge in [0.15, 0.2) is 11.5 Å². The van der Waals surface area contributed by atoms with Gasteiger partial charge in [-0.05, 0) is 43.7 Å². The predicted octanol–water partition coefficient (Wildman–Crippen LogP) is 2.40. The summed E-state index contributed by atoms with van der Waals surface area (Å²) in [5.41, 5.74) is 0.870. The van der Waals surface area contributed by atoms with E-state index < -0.39 is 5.97 Å². The maximum absolute atomic E-state index is 12.3. The summed E-state index contributed by atoms with van der Waals surface area (Å²) in [4.78, 5) is 23.2. The molecule has 1 aliphatic rings. The largest absolute Gasteiger partial charge is 0.493 e. The van der Waals surface area contributed by atoms with Crippen LogP contribution in [-0.2, 0) is 16.0 Å². The molecule has 0 radical (unpaired) electrons. The number of benzene rings is 1. The Morgan fingerprint density at radius 1 is 1.04 bits per heavy atom. The van der Waals surface area contributed by atoms with E-state index in [0.29, 0.717) is 55.8 Å². The Morgan fingerprint density at radius 3 is 2.23 bits per heavy atom. The summed E-state index contributed by atoms with van der Waals surface area (Å²) in [6, 6.07) is 3.72. The Hall–Kier alpha value is -2.44. The van der Waals surface area contributed by atoms with E-state index in [1.54, 1.807) is 27.4 Å². The first-order chi connectivity index (χ1) is 12.5. The smallest absolute Gasteiger partial charge is 0.306 e. The molecule has 26 heavy (non-hydrogen) atoms. The van der Waals surface area contributed by atoms with Crippen LogP contribution in [-0.4, -0.2) is 44.4 Å². The number of ether oxygens (including phenoxy) is 3. The van der Waals surface area contributed by atoms with Crippen molar-refractivity contribution in [3.05, 3.63) is 17.7 Å². The van der Waals surface area contributed by atoms with Gasteiger partial charge in [0.1, 0.15) is 0 Å². The van der Waals surface area contributed by atoms with Crippen molar-refractivity contribution in [3.63, 3.8) is 0 Å². The van der Waals surface area contributed by atoms with E-state index in [9.17, 15) is 9.59 Å².